The number of rotatable bonds is 9. The molecule has 0 spiro atoms. The van der Waals surface area contributed by atoms with E-state index in [-0.39, 0.29) is 11.9 Å². The van der Waals surface area contributed by atoms with E-state index in [1.54, 1.807) is 7.11 Å². The van der Waals surface area contributed by atoms with Gasteiger partial charge in [-0.1, -0.05) is 31.1 Å². The number of aromatic nitrogens is 2. The Bertz CT molecular complexity index is 782. The van der Waals surface area contributed by atoms with Crippen LogP contribution in [-0.2, 0) is 12.8 Å². The summed E-state index contributed by atoms with van der Waals surface area (Å²) in [5.41, 5.74) is 1.30. The highest BCUT2D eigenvalue weighted by molar-refractivity contribution is 5.74. The molecule has 164 valence electrons. The third-order valence-corrected chi connectivity index (χ3v) is 5.38. The Morgan fingerprint density at radius 1 is 1.17 bits per heavy atom. The molecule has 3 rings (SSSR count). The highest BCUT2D eigenvalue weighted by Crippen LogP contribution is 2.13. The number of nitrogens with zero attached hydrogens (tertiary/aromatic N) is 4. The summed E-state index contributed by atoms with van der Waals surface area (Å²) in [6.45, 7) is 9.01. The zero-order valence-electron chi connectivity index (χ0n) is 18.3. The minimum atomic E-state index is 0.0122. The number of benzene rings is 1. The van der Waals surface area contributed by atoms with Gasteiger partial charge in [0.2, 0.25) is 5.89 Å². The Kier molecular flexibility index (Phi) is 8.07. The highest BCUT2D eigenvalue weighted by Gasteiger charge is 2.20. The maximum absolute atomic E-state index is 12.4. The molecule has 0 radical (unpaired) electrons. The van der Waals surface area contributed by atoms with Crippen LogP contribution in [-0.4, -0.2) is 72.3 Å². The summed E-state index contributed by atoms with van der Waals surface area (Å²) < 4.78 is 10.4. The van der Waals surface area contributed by atoms with E-state index in [2.05, 4.69) is 32.5 Å². The molecule has 2 heterocycles. The Morgan fingerprint density at radius 3 is 2.53 bits per heavy atom. The predicted molar refractivity (Wildman–Crippen MR) is 115 cm³/mol. The number of amides is 2. The van der Waals surface area contributed by atoms with Crippen LogP contribution < -0.4 is 10.1 Å². The summed E-state index contributed by atoms with van der Waals surface area (Å²) in [5.74, 6) is 2.52. The normalized spacial score (nSPS) is 14.9. The SMILES string of the molecule is COc1ccc(CCN2CCN(C(=O)NCCCc3nc(C(C)C)no3)CC2)cc1. The summed E-state index contributed by atoms with van der Waals surface area (Å²) in [6, 6.07) is 8.23. The number of hydrogen-bond acceptors (Lipinski definition) is 6. The first-order valence-corrected chi connectivity index (χ1v) is 10.8. The van der Waals surface area contributed by atoms with E-state index in [4.69, 9.17) is 9.26 Å². The summed E-state index contributed by atoms with van der Waals surface area (Å²) >= 11 is 0. The van der Waals surface area contributed by atoms with E-state index >= 15 is 0 Å². The quantitative estimate of drug-likeness (QED) is 0.634. The van der Waals surface area contributed by atoms with Crippen LogP contribution in [0.5, 0.6) is 5.75 Å². The molecule has 1 saturated heterocycles. The van der Waals surface area contributed by atoms with Gasteiger partial charge in [-0.2, -0.15) is 4.98 Å². The third kappa shape index (κ3) is 6.45. The van der Waals surface area contributed by atoms with Gasteiger partial charge in [0.15, 0.2) is 5.82 Å². The minimum absolute atomic E-state index is 0.0122. The van der Waals surface area contributed by atoms with Crippen LogP contribution in [0.4, 0.5) is 4.79 Å². The molecule has 2 amide bonds. The molecule has 2 aromatic rings. The van der Waals surface area contributed by atoms with Crippen molar-refractivity contribution in [2.75, 3.05) is 46.4 Å². The van der Waals surface area contributed by atoms with Crippen molar-refractivity contribution in [2.24, 2.45) is 0 Å². The Hall–Kier alpha value is -2.61. The monoisotopic (exact) mass is 415 g/mol. The molecule has 0 aliphatic carbocycles. The minimum Gasteiger partial charge on any atom is -0.497 e. The fraction of sp³-hybridized carbons (Fsp3) is 0.591. The Labute approximate surface area is 178 Å². The summed E-state index contributed by atoms with van der Waals surface area (Å²) in [4.78, 5) is 21.1. The van der Waals surface area contributed by atoms with Crippen LogP contribution >= 0.6 is 0 Å². The van der Waals surface area contributed by atoms with Crippen molar-refractivity contribution >= 4 is 6.03 Å². The topological polar surface area (TPSA) is 83.7 Å². The van der Waals surface area contributed by atoms with Gasteiger partial charge in [0, 0.05) is 51.6 Å². The van der Waals surface area contributed by atoms with Crippen molar-refractivity contribution in [1.82, 2.24) is 25.3 Å². The van der Waals surface area contributed by atoms with Crippen LogP contribution in [0.3, 0.4) is 0 Å². The smallest absolute Gasteiger partial charge is 0.317 e. The van der Waals surface area contributed by atoms with E-state index in [9.17, 15) is 4.79 Å². The zero-order valence-corrected chi connectivity index (χ0v) is 18.3. The van der Waals surface area contributed by atoms with Gasteiger partial charge < -0.3 is 19.5 Å². The van der Waals surface area contributed by atoms with Gasteiger partial charge in [-0.15, -0.1) is 0 Å². The average molecular weight is 416 g/mol. The molecular weight excluding hydrogens is 382 g/mol. The van der Waals surface area contributed by atoms with Gasteiger partial charge in [0.1, 0.15) is 5.75 Å². The lowest BCUT2D eigenvalue weighted by atomic mass is 10.1. The largest absolute Gasteiger partial charge is 0.497 e. The van der Waals surface area contributed by atoms with Gasteiger partial charge in [-0.25, -0.2) is 4.79 Å². The first-order chi connectivity index (χ1) is 14.5. The lowest BCUT2D eigenvalue weighted by Gasteiger charge is -2.34. The van der Waals surface area contributed by atoms with Gasteiger partial charge in [0.25, 0.3) is 0 Å². The number of aryl methyl sites for hydroxylation is 1. The lowest BCUT2D eigenvalue weighted by molar-refractivity contribution is 0.140. The van der Waals surface area contributed by atoms with E-state index in [1.165, 1.54) is 5.56 Å². The molecule has 8 heteroatoms. The summed E-state index contributed by atoms with van der Waals surface area (Å²) in [5, 5.41) is 6.96. The standard InChI is InChI=1S/C22H33N5O3/c1-17(2)21-24-20(30-25-21)5-4-11-23-22(28)27-15-13-26(14-16-27)12-10-18-6-8-19(29-3)9-7-18/h6-9,17H,4-5,10-16H2,1-3H3,(H,23,28). The maximum atomic E-state index is 12.4. The molecule has 0 atom stereocenters. The van der Waals surface area contributed by atoms with Crippen LogP contribution in [0.25, 0.3) is 0 Å². The molecule has 1 aliphatic heterocycles. The van der Waals surface area contributed by atoms with Crippen molar-refractivity contribution in [1.29, 1.82) is 0 Å². The molecule has 1 aromatic carbocycles. The summed E-state index contributed by atoms with van der Waals surface area (Å²) in [6.07, 6.45) is 2.47. The number of ether oxygens (including phenoxy) is 1. The molecule has 0 bridgehead atoms. The molecule has 1 aliphatic rings. The first kappa shape index (κ1) is 22.1. The molecule has 1 fully saturated rings. The summed E-state index contributed by atoms with van der Waals surface area (Å²) in [7, 11) is 1.68. The van der Waals surface area contributed by atoms with Crippen molar-refractivity contribution in [3.05, 3.63) is 41.5 Å². The van der Waals surface area contributed by atoms with Crippen molar-refractivity contribution in [3.63, 3.8) is 0 Å². The van der Waals surface area contributed by atoms with Gasteiger partial charge in [-0.3, -0.25) is 4.90 Å². The van der Waals surface area contributed by atoms with Gasteiger partial charge in [0.05, 0.1) is 7.11 Å². The second-order valence-corrected chi connectivity index (χ2v) is 7.96. The van der Waals surface area contributed by atoms with Gasteiger partial charge >= 0.3 is 6.03 Å². The van der Waals surface area contributed by atoms with Crippen LogP contribution in [0, 0.1) is 0 Å². The van der Waals surface area contributed by atoms with Crippen molar-refractivity contribution < 1.29 is 14.1 Å². The van der Waals surface area contributed by atoms with Crippen LogP contribution in [0.1, 0.15) is 43.5 Å². The molecule has 30 heavy (non-hydrogen) atoms. The lowest BCUT2D eigenvalue weighted by Crippen LogP contribution is -2.52. The zero-order chi connectivity index (χ0) is 21.3. The van der Waals surface area contributed by atoms with Crippen LogP contribution in [0.2, 0.25) is 0 Å². The molecule has 1 aromatic heterocycles. The molecule has 0 unspecified atom stereocenters. The molecular formula is C22H33N5O3. The second kappa shape index (κ2) is 11.0. The van der Waals surface area contributed by atoms with Crippen molar-refractivity contribution in [2.45, 2.75) is 39.0 Å². The van der Waals surface area contributed by atoms with Crippen LogP contribution in [0.15, 0.2) is 28.8 Å². The fourth-order valence-electron chi connectivity index (χ4n) is 3.40. The third-order valence-electron chi connectivity index (χ3n) is 5.38. The predicted octanol–water partition coefficient (Wildman–Crippen LogP) is 2.70. The number of hydrogen-bond donors (Lipinski definition) is 1. The van der Waals surface area contributed by atoms with E-state index in [1.807, 2.05) is 30.9 Å². The number of carbonyl (C=O) groups excluding carboxylic acids is 1. The fourth-order valence-corrected chi connectivity index (χ4v) is 3.40. The molecule has 1 N–H and O–H groups in total. The Balaban J connectivity index is 1.29. The van der Waals surface area contributed by atoms with E-state index in [0.717, 1.165) is 57.1 Å². The van der Waals surface area contributed by atoms with Crippen molar-refractivity contribution in [3.8, 4) is 5.75 Å². The van der Waals surface area contributed by atoms with E-state index < -0.39 is 0 Å². The number of carbonyl (C=O) groups is 1. The second-order valence-electron chi connectivity index (χ2n) is 7.96. The number of methoxy groups -OCH3 is 1. The van der Waals surface area contributed by atoms with E-state index in [0.29, 0.717) is 18.9 Å². The number of piperazine rings is 1. The maximum Gasteiger partial charge on any atom is 0.317 e. The number of urea groups is 1. The Morgan fingerprint density at radius 2 is 1.90 bits per heavy atom. The average Bonchev–Trinajstić information content (AvgIpc) is 3.25. The molecule has 8 nitrogen and oxygen atoms in total. The van der Waals surface area contributed by atoms with Gasteiger partial charge in [-0.05, 0) is 30.5 Å². The molecule has 0 saturated carbocycles. The highest BCUT2D eigenvalue weighted by atomic mass is 16.5. The number of nitrogens with one attached hydrogen (secondary N) is 1. The first-order valence-electron chi connectivity index (χ1n) is 10.8.